The van der Waals surface area contributed by atoms with E-state index in [2.05, 4.69) is 17.9 Å². The maximum absolute atomic E-state index is 13.0. The lowest BCUT2D eigenvalue weighted by atomic mass is 10.2. The Hall–Kier alpha value is -1.03. The minimum absolute atomic E-state index is 0.0364. The topological polar surface area (TPSA) is 29.1 Å². The first kappa shape index (κ1) is 10.1. The largest absolute Gasteiger partial charge is 0.352 e. The van der Waals surface area contributed by atoms with E-state index in [9.17, 15) is 9.18 Å². The molecule has 70 valence electrons. The molecular formula is C9H10FNOS. The third-order valence-corrected chi connectivity index (χ3v) is 1.81. The fourth-order valence-electron chi connectivity index (χ4n) is 0.943. The van der Waals surface area contributed by atoms with E-state index in [-0.39, 0.29) is 5.56 Å². The van der Waals surface area contributed by atoms with Crippen LogP contribution in [0.15, 0.2) is 23.1 Å². The van der Waals surface area contributed by atoms with Crippen molar-refractivity contribution in [3.05, 3.63) is 29.6 Å². The van der Waals surface area contributed by atoms with Crippen molar-refractivity contribution in [2.45, 2.75) is 11.8 Å². The van der Waals surface area contributed by atoms with E-state index < -0.39 is 11.7 Å². The smallest absolute Gasteiger partial charge is 0.254 e. The van der Waals surface area contributed by atoms with E-state index in [4.69, 9.17) is 0 Å². The SMILES string of the molecule is CCNC(=O)c1cc(S)ccc1F. The van der Waals surface area contributed by atoms with E-state index in [0.717, 1.165) is 0 Å². The maximum atomic E-state index is 13.0. The lowest BCUT2D eigenvalue weighted by Gasteiger charge is -2.03. The number of carbonyl (C=O) groups excluding carboxylic acids is 1. The van der Waals surface area contributed by atoms with Crippen molar-refractivity contribution in [1.29, 1.82) is 0 Å². The first-order chi connectivity index (χ1) is 6.15. The highest BCUT2D eigenvalue weighted by Crippen LogP contribution is 2.13. The second-order valence-corrected chi connectivity index (χ2v) is 3.04. The summed E-state index contributed by atoms with van der Waals surface area (Å²) in [4.78, 5) is 11.8. The molecule has 0 spiro atoms. The fourth-order valence-corrected chi connectivity index (χ4v) is 1.15. The molecule has 0 atom stereocenters. The zero-order chi connectivity index (χ0) is 9.84. The molecule has 0 aliphatic carbocycles. The summed E-state index contributed by atoms with van der Waals surface area (Å²) in [5.74, 6) is -0.931. The third kappa shape index (κ3) is 2.45. The van der Waals surface area contributed by atoms with Crippen LogP contribution in [-0.2, 0) is 0 Å². The predicted molar refractivity (Wildman–Crippen MR) is 51.7 cm³/mol. The first-order valence-electron chi connectivity index (χ1n) is 3.92. The molecule has 0 bridgehead atoms. The number of hydrogen-bond acceptors (Lipinski definition) is 2. The molecule has 0 heterocycles. The van der Waals surface area contributed by atoms with Gasteiger partial charge < -0.3 is 5.32 Å². The Morgan fingerprint density at radius 3 is 2.92 bits per heavy atom. The Labute approximate surface area is 81.6 Å². The van der Waals surface area contributed by atoms with Gasteiger partial charge in [-0.1, -0.05) is 0 Å². The second-order valence-electron chi connectivity index (χ2n) is 2.52. The average Bonchev–Trinajstić information content (AvgIpc) is 2.09. The zero-order valence-corrected chi connectivity index (χ0v) is 8.07. The van der Waals surface area contributed by atoms with Crippen LogP contribution in [0, 0.1) is 5.82 Å². The van der Waals surface area contributed by atoms with Gasteiger partial charge in [-0.3, -0.25) is 4.79 Å². The number of hydrogen-bond donors (Lipinski definition) is 2. The number of halogens is 1. The second kappa shape index (κ2) is 4.28. The first-order valence-corrected chi connectivity index (χ1v) is 4.36. The normalized spacial score (nSPS) is 9.77. The zero-order valence-electron chi connectivity index (χ0n) is 7.17. The van der Waals surface area contributed by atoms with Crippen molar-refractivity contribution >= 4 is 18.5 Å². The fraction of sp³-hybridized carbons (Fsp3) is 0.222. The van der Waals surface area contributed by atoms with E-state index in [1.54, 1.807) is 6.92 Å². The lowest BCUT2D eigenvalue weighted by molar-refractivity contribution is 0.0951. The lowest BCUT2D eigenvalue weighted by Crippen LogP contribution is -2.23. The minimum atomic E-state index is -0.524. The minimum Gasteiger partial charge on any atom is -0.352 e. The standard InChI is InChI=1S/C9H10FNOS/c1-2-11-9(12)7-5-6(13)3-4-8(7)10/h3-5,13H,2H2,1H3,(H,11,12). The van der Waals surface area contributed by atoms with E-state index >= 15 is 0 Å². The predicted octanol–water partition coefficient (Wildman–Crippen LogP) is 1.86. The van der Waals surface area contributed by atoms with Crippen LogP contribution in [0.1, 0.15) is 17.3 Å². The van der Waals surface area contributed by atoms with Crippen molar-refractivity contribution in [3.63, 3.8) is 0 Å². The van der Waals surface area contributed by atoms with Gasteiger partial charge in [-0.15, -0.1) is 12.6 Å². The summed E-state index contributed by atoms with van der Waals surface area (Å²) in [6.45, 7) is 2.26. The third-order valence-electron chi connectivity index (χ3n) is 1.53. The Bertz CT molecular complexity index is 327. The molecule has 0 aliphatic heterocycles. The van der Waals surface area contributed by atoms with Crippen LogP contribution in [0.5, 0.6) is 0 Å². The molecule has 0 saturated heterocycles. The molecule has 4 heteroatoms. The number of nitrogens with one attached hydrogen (secondary N) is 1. The average molecular weight is 199 g/mol. The molecule has 1 rings (SSSR count). The van der Waals surface area contributed by atoms with Gasteiger partial charge in [0, 0.05) is 11.4 Å². The van der Waals surface area contributed by atoms with Crippen LogP contribution < -0.4 is 5.32 Å². The highest BCUT2D eigenvalue weighted by atomic mass is 32.1. The molecule has 0 radical (unpaired) electrons. The molecule has 0 unspecified atom stereocenters. The van der Waals surface area contributed by atoms with Gasteiger partial charge in [0.1, 0.15) is 5.82 Å². The van der Waals surface area contributed by atoms with Crippen molar-refractivity contribution in [3.8, 4) is 0 Å². The Morgan fingerprint density at radius 1 is 1.62 bits per heavy atom. The van der Waals surface area contributed by atoms with Crippen LogP contribution in [0.25, 0.3) is 0 Å². The highest BCUT2D eigenvalue weighted by molar-refractivity contribution is 7.80. The molecule has 1 aromatic rings. The van der Waals surface area contributed by atoms with Gasteiger partial charge in [0.2, 0.25) is 0 Å². The monoisotopic (exact) mass is 199 g/mol. The van der Waals surface area contributed by atoms with Crippen LogP contribution in [0.2, 0.25) is 0 Å². The van der Waals surface area contributed by atoms with Crippen molar-refractivity contribution in [2.24, 2.45) is 0 Å². The van der Waals surface area contributed by atoms with Crippen LogP contribution in [0.4, 0.5) is 4.39 Å². The number of rotatable bonds is 2. The maximum Gasteiger partial charge on any atom is 0.254 e. The van der Waals surface area contributed by atoms with E-state index in [0.29, 0.717) is 11.4 Å². The molecule has 1 N–H and O–H groups in total. The number of carbonyl (C=O) groups is 1. The summed E-state index contributed by atoms with van der Waals surface area (Å²) >= 11 is 4.02. The van der Waals surface area contributed by atoms with Gasteiger partial charge in [-0.25, -0.2) is 4.39 Å². The van der Waals surface area contributed by atoms with Crippen molar-refractivity contribution < 1.29 is 9.18 Å². The van der Waals surface area contributed by atoms with Gasteiger partial charge in [0.05, 0.1) is 5.56 Å². The number of amides is 1. The Morgan fingerprint density at radius 2 is 2.31 bits per heavy atom. The quantitative estimate of drug-likeness (QED) is 0.699. The molecular weight excluding hydrogens is 189 g/mol. The molecule has 1 amide bonds. The van der Waals surface area contributed by atoms with Gasteiger partial charge in [0.25, 0.3) is 5.91 Å². The molecule has 13 heavy (non-hydrogen) atoms. The number of benzene rings is 1. The van der Waals surface area contributed by atoms with Crippen LogP contribution in [-0.4, -0.2) is 12.5 Å². The van der Waals surface area contributed by atoms with Crippen molar-refractivity contribution in [1.82, 2.24) is 5.32 Å². The van der Waals surface area contributed by atoms with Gasteiger partial charge in [-0.05, 0) is 25.1 Å². The molecule has 0 fully saturated rings. The Kier molecular flexibility index (Phi) is 3.31. The highest BCUT2D eigenvalue weighted by Gasteiger charge is 2.10. The summed E-state index contributed by atoms with van der Waals surface area (Å²) in [5, 5.41) is 2.52. The number of thiol groups is 1. The van der Waals surface area contributed by atoms with Gasteiger partial charge in [0.15, 0.2) is 0 Å². The van der Waals surface area contributed by atoms with Gasteiger partial charge in [-0.2, -0.15) is 0 Å². The summed E-state index contributed by atoms with van der Waals surface area (Å²) < 4.78 is 13.0. The summed E-state index contributed by atoms with van der Waals surface area (Å²) in [7, 11) is 0. The molecule has 1 aromatic carbocycles. The molecule has 2 nitrogen and oxygen atoms in total. The summed E-state index contributed by atoms with van der Waals surface area (Å²) in [6.07, 6.45) is 0. The molecule has 0 saturated carbocycles. The van der Waals surface area contributed by atoms with Gasteiger partial charge >= 0.3 is 0 Å². The molecule has 0 aromatic heterocycles. The molecule has 0 aliphatic rings. The Balaban J connectivity index is 2.99. The van der Waals surface area contributed by atoms with E-state index in [1.165, 1.54) is 18.2 Å². The van der Waals surface area contributed by atoms with Crippen LogP contribution >= 0.6 is 12.6 Å². The summed E-state index contributed by atoms with van der Waals surface area (Å²) in [6, 6.07) is 4.14. The van der Waals surface area contributed by atoms with Crippen molar-refractivity contribution in [2.75, 3.05) is 6.54 Å². The van der Waals surface area contributed by atoms with Crippen LogP contribution in [0.3, 0.4) is 0 Å². The summed E-state index contributed by atoms with van der Waals surface area (Å²) in [5.41, 5.74) is 0.0364. The van der Waals surface area contributed by atoms with E-state index in [1.807, 2.05) is 0 Å².